The number of rotatable bonds is 6. The van der Waals surface area contributed by atoms with Crippen LogP contribution in [-0.2, 0) is 22.1 Å². The molecule has 0 saturated heterocycles. The number of halogens is 1. The van der Waals surface area contributed by atoms with Gasteiger partial charge in [-0.15, -0.1) is 0 Å². The average molecular weight is 489 g/mol. The molecular weight excluding hydrogens is 468 g/mol. The van der Waals surface area contributed by atoms with Crippen LogP contribution < -0.4 is 5.73 Å². The minimum absolute atomic E-state index is 0.120. The Kier molecular flexibility index (Phi) is 5.63. The molecule has 5 rings (SSSR count). The first kappa shape index (κ1) is 22.2. The third-order valence-electron chi connectivity index (χ3n) is 6.02. The average Bonchev–Trinajstić information content (AvgIpc) is 3.15. The first-order valence-corrected chi connectivity index (χ1v) is 12.7. The summed E-state index contributed by atoms with van der Waals surface area (Å²) in [6, 6.07) is 26.9. The SMILES string of the molecule is NC(=O)c1cccc2c1c1cccc(Cl)c1n2Cc1ccccc1CS(=O)(=O)c1ccccc1. The second kappa shape index (κ2) is 8.63. The molecule has 0 aliphatic rings. The standard InChI is InChI=1S/C27H21ClN2O3S/c28-23-14-6-12-21-25-22(27(29)31)13-7-15-24(25)30(26(21)23)16-18-8-4-5-9-19(18)17-34(32,33)20-10-2-1-3-11-20/h1-15H,16-17H2,(H2,29,31). The third-order valence-corrected chi connectivity index (χ3v) is 8.01. The van der Waals surface area contributed by atoms with Gasteiger partial charge in [-0.25, -0.2) is 8.42 Å². The highest BCUT2D eigenvalue weighted by molar-refractivity contribution is 7.90. The molecule has 1 amide bonds. The highest BCUT2D eigenvalue weighted by atomic mass is 35.5. The summed E-state index contributed by atoms with van der Waals surface area (Å²) in [4.78, 5) is 12.5. The maximum Gasteiger partial charge on any atom is 0.249 e. The second-order valence-electron chi connectivity index (χ2n) is 8.13. The zero-order valence-electron chi connectivity index (χ0n) is 18.1. The first-order chi connectivity index (χ1) is 16.4. The number of nitrogens with two attached hydrogens (primary N) is 1. The van der Waals surface area contributed by atoms with E-state index >= 15 is 0 Å². The van der Waals surface area contributed by atoms with Crippen molar-refractivity contribution >= 4 is 49.2 Å². The number of carbonyl (C=O) groups excluding carboxylic acids is 1. The molecule has 0 bridgehead atoms. The van der Waals surface area contributed by atoms with Crippen molar-refractivity contribution in [3.63, 3.8) is 0 Å². The lowest BCUT2D eigenvalue weighted by molar-refractivity contribution is 0.100. The Morgan fingerprint density at radius 2 is 1.50 bits per heavy atom. The topological polar surface area (TPSA) is 82.2 Å². The molecule has 1 heterocycles. The highest BCUT2D eigenvalue weighted by Gasteiger charge is 2.21. The molecule has 0 fully saturated rings. The number of carbonyl (C=O) groups is 1. The van der Waals surface area contributed by atoms with Crippen LogP contribution in [0.25, 0.3) is 21.8 Å². The fourth-order valence-corrected chi connectivity index (χ4v) is 6.17. The van der Waals surface area contributed by atoms with Crippen molar-refractivity contribution in [1.82, 2.24) is 4.57 Å². The van der Waals surface area contributed by atoms with Crippen LogP contribution in [-0.4, -0.2) is 18.9 Å². The quantitative estimate of drug-likeness (QED) is 0.339. The Morgan fingerprint density at radius 3 is 2.24 bits per heavy atom. The van der Waals surface area contributed by atoms with E-state index < -0.39 is 15.7 Å². The normalized spacial score (nSPS) is 11.8. The fourth-order valence-electron chi connectivity index (χ4n) is 4.47. The van der Waals surface area contributed by atoms with E-state index in [1.165, 1.54) is 0 Å². The van der Waals surface area contributed by atoms with Gasteiger partial charge in [0.25, 0.3) is 0 Å². The number of hydrogen-bond donors (Lipinski definition) is 1. The number of benzene rings is 4. The Morgan fingerprint density at radius 1 is 0.824 bits per heavy atom. The Hall–Kier alpha value is -3.61. The Bertz CT molecular complexity index is 1660. The Balaban J connectivity index is 1.67. The summed E-state index contributed by atoms with van der Waals surface area (Å²) < 4.78 is 28.2. The molecule has 0 aliphatic carbocycles. The van der Waals surface area contributed by atoms with Crippen molar-refractivity contribution in [2.24, 2.45) is 5.73 Å². The van der Waals surface area contributed by atoms with Gasteiger partial charge in [-0.1, -0.05) is 72.3 Å². The van der Waals surface area contributed by atoms with E-state index in [2.05, 4.69) is 0 Å². The van der Waals surface area contributed by atoms with Crippen molar-refractivity contribution in [3.8, 4) is 0 Å². The zero-order chi connectivity index (χ0) is 23.9. The second-order valence-corrected chi connectivity index (χ2v) is 10.5. The number of primary amides is 1. The summed E-state index contributed by atoms with van der Waals surface area (Å²) in [6.07, 6.45) is 0. The molecule has 0 aliphatic heterocycles. The fraction of sp³-hybridized carbons (Fsp3) is 0.0741. The number of nitrogens with zero attached hydrogens (tertiary/aromatic N) is 1. The van der Waals surface area contributed by atoms with Crippen LogP contribution in [0, 0.1) is 0 Å². The van der Waals surface area contributed by atoms with Crippen LogP contribution in [0.5, 0.6) is 0 Å². The predicted molar refractivity (Wildman–Crippen MR) is 136 cm³/mol. The van der Waals surface area contributed by atoms with E-state index in [9.17, 15) is 13.2 Å². The lowest BCUT2D eigenvalue weighted by atomic mass is 10.1. The number of hydrogen-bond acceptors (Lipinski definition) is 3. The molecule has 170 valence electrons. The van der Waals surface area contributed by atoms with Crippen LogP contribution in [0.3, 0.4) is 0 Å². The smallest absolute Gasteiger partial charge is 0.249 e. The Labute approximate surface area is 202 Å². The first-order valence-electron chi connectivity index (χ1n) is 10.7. The van der Waals surface area contributed by atoms with Gasteiger partial charge in [-0.2, -0.15) is 0 Å². The van der Waals surface area contributed by atoms with Crippen molar-refractivity contribution < 1.29 is 13.2 Å². The summed E-state index contributed by atoms with van der Waals surface area (Å²) in [6.45, 7) is 0.381. The minimum atomic E-state index is -3.52. The number of aromatic nitrogens is 1. The van der Waals surface area contributed by atoms with Gasteiger partial charge in [0.1, 0.15) is 0 Å². The van der Waals surface area contributed by atoms with E-state index in [1.54, 1.807) is 48.5 Å². The maximum absolute atomic E-state index is 13.1. The van der Waals surface area contributed by atoms with E-state index in [1.807, 2.05) is 47.0 Å². The molecule has 0 atom stereocenters. The van der Waals surface area contributed by atoms with Gasteiger partial charge >= 0.3 is 0 Å². The summed E-state index contributed by atoms with van der Waals surface area (Å²) in [7, 11) is -3.52. The number of fused-ring (bicyclic) bond motifs is 3. The van der Waals surface area contributed by atoms with Crippen molar-refractivity contribution in [3.05, 3.63) is 113 Å². The molecule has 5 aromatic rings. The maximum atomic E-state index is 13.1. The van der Waals surface area contributed by atoms with Gasteiger partial charge in [0.05, 0.1) is 26.7 Å². The molecule has 34 heavy (non-hydrogen) atoms. The molecule has 4 aromatic carbocycles. The molecule has 1 aromatic heterocycles. The van der Waals surface area contributed by atoms with Crippen LogP contribution in [0.4, 0.5) is 0 Å². The summed E-state index contributed by atoms with van der Waals surface area (Å²) in [5, 5.41) is 2.10. The molecule has 0 saturated carbocycles. The molecule has 5 nitrogen and oxygen atoms in total. The number of amides is 1. The van der Waals surface area contributed by atoms with Crippen LogP contribution in [0.1, 0.15) is 21.5 Å². The van der Waals surface area contributed by atoms with Gasteiger partial charge < -0.3 is 10.3 Å². The van der Waals surface area contributed by atoms with Gasteiger partial charge in [-0.05, 0) is 41.5 Å². The van der Waals surface area contributed by atoms with E-state index in [-0.39, 0.29) is 10.6 Å². The van der Waals surface area contributed by atoms with Crippen LogP contribution in [0.15, 0.2) is 95.9 Å². The number of sulfone groups is 1. The van der Waals surface area contributed by atoms with E-state index in [4.69, 9.17) is 17.3 Å². The molecular formula is C27H21ClN2O3S. The highest BCUT2D eigenvalue weighted by Crippen LogP contribution is 2.36. The lowest BCUT2D eigenvalue weighted by Gasteiger charge is -2.14. The van der Waals surface area contributed by atoms with Gasteiger partial charge in [0.2, 0.25) is 5.91 Å². The summed E-state index contributed by atoms with van der Waals surface area (Å²) in [5.41, 5.74) is 9.23. The monoisotopic (exact) mass is 488 g/mol. The molecule has 0 unspecified atom stereocenters. The van der Waals surface area contributed by atoms with Crippen LogP contribution in [0.2, 0.25) is 5.02 Å². The third kappa shape index (κ3) is 3.85. The summed E-state index contributed by atoms with van der Waals surface area (Å²) in [5.74, 6) is -0.635. The van der Waals surface area contributed by atoms with Crippen molar-refractivity contribution in [2.45, 2.75) is 17.2 Å². The van der Waals surface area contributed by atoms with E-state index in [0.717, 1.165) is 27.4 Å². The van der Waals surface area contributed by atoms with Gasteiger partial charge in [0.15, 0.2) is 9.84 Å². The van der Waals surface area contributed by atoms with Crippen molar-refractivity contribution in [2.75, 3.05) is 0 Å². The summed E-state index contributed by atoms with van der Waals surface area (Å²) >= 11 is 6.63. The van der Waals surface area contributed by atoms with Crippen molar-refractivity contribution in [1.29, 1.82) is 0 Å². The largest absolute Gasteiger partial charge is 0.366 e. The molecule has 0 radical (unpaired) electrons. The van der Waals surface area contributed by atoms with Crippen LogP contribution >= 0.6 is 11.6 Å². The predicted octanol–water partition coefficient (Wildman–Crippen LogP) is 5.57. The zero-order valence-corrected chi connectivity index (χ0v) is 19.7. The lowest BCUT2D eigenvalue weighted by Crippen LogP contribution is -2.11. The molecule has 0 spiro atoms. The molecule has 7 heteroatoms. The van der Waals surface area contributed by atoms with E-state index in [0.29, 0.717) is 22.7 Å². The van der Waals surface area contributed by atoms with Gasteiger partial charge in [0, 0.05) is 22.9 Å². The van der Waals surface area contributed by atoms with Gasteiger partial charge in [-0.3, -0.25) is 4.79 Å². The number of para-hydroxylation sites is 1. The minimum Gasteiger partial charge on any atom is -0.366 e. The molecule has 2 N–H and O–H groups in total.